The molecule has 0 radical (unpaired) electrons. The molecule has 1 aliphatic carbocycles. The molecule has 9 heteroatoms. The number of aromatic nitrogens is 1. The highest BCUT2D eigenvalue weighted by atomic mass is 19.1. The van der Waals surface area contributed by atoms with E-state index in [4.69, 9.17) is 0 Å². The number of carbonyl (C=O) groups is 1. The summed E-state index contributed by atoms with van der Waals surface area (Å²) >= 11 is 0. The summed E-state index contributed by atoms with van der Waals surface area (Å²) in [6.45, 7) is 1.24. The number of Topliss-reactive ketones (excluding diaryl/α,β-unsaturated/α-hetero) is 1. The molecular weight excluding hydrogens is 391 g/mol. The number of carbonyl (C=O) groups excluding carboxylic acids is 1. The minimum Gasteiger partial charge on any atom is -0.363 e. The first-order valence-corrected chi connectivity index (χ1v) is 10.1. The summed E-state index contributed by atoms with van der Waals surface area (Å²) in [5, 5.41) is 14.3. The number of hydrogen-bond acceptors (Lipinski definition) is 6. The Bertz CT molecular complexity index is 1170. The van der Waals surface area contributed by atoms with Crippen molar-refractivity contribution in [3.05, 3.63) is 61.7 Å². The maximum absolute atomic E-state index is 15.1. The lowest BCUT2D eigenvalue weighted by Crippen LogP contribution is -2.36. The van der Waals surface area contributed by atoms with Crippen LogP contribution >= 0.6 is 0 Å². The number of rotatable bonds is 5. The van der Waals surface area contributed by atoms with Crippen molar-refractivity contribution in [2.45, 2.75) is 31.3 Å². The van der Waals surface area contributed by atoms with Crippen LogP contribution in [0.2, 0.25) is 0 Å². The fourth-order valence-electron chi connectivity index (χ4n) is 4.49. The zero-order chi connectivity index (χ0) is 21.0. The second-order valence-corrected chi connectivity index (χ2v) is 8.20. The molecule has 3 aliphatic rings. The first kappa shape index (κ1) is 18.9. The number of fused-ring (bicyclic) bond motifs is 2. The fraction of sp³-hybridized carbons (Fsp3) is 0.429. The zero-order valence-electron chi connectivity index (χ0n) is 16.3. The molecule has 1 aromatic heterocycles. The van der Waals surface area contributed by atoms with Crippen molar-refractivity contribution in [3.8, 4) is 0 Å². The molecule has 5 rings (SSSR count). The van der Waals surface area contributed by atoms with Gasteiger partial charge < -0.3 is 14.8 Å². The lowest BCUT2D eigenvalue weighted by molar-refractivity contribution is -0.465. The average Bonchev–Trinajstić information content (AvgIpc) is 3.45. The van der Waals surface area contributed by atoms with Gasteiger partial charge in [-0.15, -0.1) is 0 Å². The number of nitrogens with one attached hydrogen (secondary N) is 1. The molecule has 2 aliphatic heterocycles. The largest absolute Gasteiger partial charge is 0.363 e. The highest BCUT2D eigenvalue weighted by molar-refractivity contribution is 6.00. The van der Waals surface area contributed by atoms with Gasteiger partial charge in [-0.3, -0.25) is 19.7 Å². The number of nitro groups is 1. The molecule has 0 amide bonds. The molecule has 30 heavy (non-hydrogen) atoms. The van der Waals surface area contributed by atoms with Crippen LogP contribution in [0, 0.1) is 15.9 Å². The predicted octanol–water partition coefficient (Wildman–Crippen LogP) is 2.04. The summed E-state index contributed by atoms with van der Waals surface area (Å²) in [6.07, 6.45) is 6.35. The molecule has 1 saturated heterocycles. The second kappa shape index (κ2) is 7.02. The van der Waals surface area contributed by atoms with Crippen LogP contribution in [0.1, 0.15) is 35.7 Å². The minimum absolute atomic E-state index is 0.0892. The van der Waals surface area contributed by atoms with Crippen molar-refractivity contribution in [3.63, 3.8) is 0 Å². The molecule has 8 nitrogen and oxygen atoms in total. The Morgan fingerprint density at radius 2 is 2.13 bits per heavy atom. The van der Waals surface area contributed by atoms with Gasteiger partial charge >= 0.3 is 0 Å². The number of ketones is 1. The highest BCUT2D eigenvalue weighted by Crippen LogP contribution is 2.38. The van der Waals surface area contributed by atoms with Crippen LogP contribution in [-0.4, -0.2) is 47.5 Å². The molecule has 2 fully saturated rings. The smallest absolute Gasteiger partial charge is 0.266 e. The standard InChI is InChI=1S/C21H21FN4O4/c22-16-6-14-18(7-19(16)24-8-12-2-1-5-23-17(12)10-24)25(13-3-4-13)9-15(21(14)28)20(27)11-26(29)30/h2,6-7,9,13,17,23H,1,3-5,8,10-11H2. The van der Waals surface area contributed by atoms with Crippen LogP contribution in [-0.2, 0) is 0 Å². The number of nitrogens with zero attached hydrogens (tertiary/aromatic N) is 3. The van der Waals surface area contributed by atoms with Gasteiger partial charge in [-0.25, -0.2) is 4.39 Å². The first-order valence-electron chi connectivity index (χ1n) is 10.1. The van der Waals surface area contributed by atoms with Gasteiger partial charge in [0.1, 0.15) is 5.82 Å². The normalized spacial score (nSPS) is 20.9. The van der Waals surface area contributed by atoms with E-state index in [1.807, 2.05) is 9.47 Å². The Labute approximate surface area is 171 Å². The number of anilines is 1. The summed E-state index contributed by atoms with van der Waals surface area (Å²) in [6, 6.07) is 3.18. The molecule has 1 N–H and O–H groups in total. The summed E-state index contributed by atoms with van der Waals surface area (Å²) in [5.74, 6) is -1.38. The topological polar surface area (TPSA) is 97.5 Å². The lowest BCUT2D eigenvalue weighted by Gasteiger charge is -2.21. The van der Waals surface area contributed by atoms with Crippen molar-refractivity contribution in [1.82, 2.24) is 9.88 Å². The van der Waals surface area contributed by atoms with Crippen molar-refractivity contribution >= 4 is 22.4 Å². The Morgan fingerprint density at radius 3 is 2.83 bits per heavy atom. The van der Waals surface area contributed by atoms with E-state index < -0.39 is 28.5 Å². The molecule has 0 spiro atoms. The SMILES string of the molecule is O=C(C[N+](=O)[O-])c1cn(C2CC2)c2cc(N3CC4=CCCNC4C3)c(F)cc2c1=O. The van der Waals surface area contributed by atoms with Gasteiger partial charge in [-0.1, -0.05) is 6.08 Å². The molecule has 3 heterocycles. The van der Waals surface area contributed by atoms with Crippen LogP contribution in [0.25, 0.3) is 10.9 Å². The summed E-state index contributed by atoms with van der Waals surface area (Å²) in [7, 11) is 0. The van der Waals surface area contributed by atoms with Crippen LogP contribution in [0.4, 0.5) is 10.1 Å². The first-order chi connectivity index (χ1) is 14.4. The molecule has 1 saturated carbocycles. The third-order valence-electron chi connectivity index (χ3n) is 6.12. The molecule has 2 aromatic rings. The highest BCUT2D eigenvalue weighted by Gasteiger charge is 2.32. The maximum Gasteiger partial charge on any atom is 0.266 e. The van der Waals surface area contributed by atoms with Gasteiger partial charge in [-0.05, 0) is 43.5 Å². The Hall–Kier alpha value is -3.07. The van der Waals surface area contributed by atoms with E-state index in [1.54, 1.807) is 6.07 Å². The number of pyridine rings is 1. The van der Waals surface area contributed by atoms with E-state index in [0.717, 1.165) is 25.8 Å². The van der Waals surface area contributed by atoms with Gasteiger partial charge in [0, 0.05) is 41.7 Å². The quantitative estimate of drug-likeness (QED) is 0.349. The van der Waals surface area contributed by atoms with Crippen LogP contribution in [0.5, 0.6) is 0 Å². The van der Waals surface area contributed by atoms with Gasteiger partial charge in [-0.2, -0.15) is 0 Å². The van der Waals surface area contributed by atoms with E-state index >= 15 is 4.39 Å². The second-order valence-electron chi connectivity index (χ2n) is 8.20. The van der Waals surface area contributed by atoms with Gasteiger partial charge in [0.15, 0.2) is 0 Å². The van der Waals surface area contributed by atoms with Crippen LogP contribution in [0.3, 0.4) is 0 Å². The van der Waals surface area contributed by atoms with E-state index in [2.05, 4.69) is 11.4 Å². The monoisotopic (exact) mass is 412 g/mol. The Kier molecular flexibility index (Phi) is 4.43. The predicted molar refractivity (Wildman–Crippen MR) is 109 cm³/mol. The number of benzene rings is 1. The maximum atomic E-state index is 15.1. The Balaban J connectivity index is 1.62. The third-order valence-corrected chi connectivity index (χ3v) is 6.12. The third kappa shape index (κ3) is 3.19. The molecule has 1 aromatic carbocycles. The van der Waals surface area contributed by atoms with Crippen molar-refractivity contribution in [2.24, 2.45) is 0 Å². The van der Waals surface area contributed by atoms with Gasteiger partial charge in [0.25, 0.3) is 6.54 Å². The van der Waals surface area contributed by atoms with Gasteiger partial charge in [0.2, 0.25) is 11.2 Å². The van der Waals surface area contributed by atoms with Crippen molar-refractivity contribution in [1.29, 1.82) is 0 Å². The van der Waals surface area contributed by atoms with Crippen LogP contribution in [0.15, 0.2) is 34.8 Å². The molecular formula is C21H21FN4O4. The van der Waals surface area contributed by atoms with E-state index in [9.17, 15) is 19.7 Å². The van der Waals surface area contributed by atoms with E-state index in [0.29, 0.717) is 24.3 Å². The van der Waals surface area contributed by atoms with E-state index in [-0.39, 0.29) is 23.0 Å². The molecule has 0 bridgehead atoms. The van der Waals surface area contributed by atoms with Crippen molar-refractivity contribution < 1.29 is 14.1 Å². The van der Waals surface area contributed by atoms with E-state index in [1.165, 1.54) is 17.8 Å². The minimum atomic E-state index is -0.955. The number of hydrogen-bond donors (Lipinski definition) is 1. The lowest BCUT2D eigenvalue weighted by atomic mass is 10.1. The zero-order valence-corrected chi connectivity index (χ0v) is 16.3. The molecule has 156 valence electrons. The number of halogens is 1. The van der Waals surface area contributed by atoms with Gasteiger partial charge in [0.05, 0.1) is 16.8 Å². The fourth-order valence-corrected chi connectivity index (χ4v) is 4.49. The summed E-state index contributed by atoms with van der Waals surface area (Å²) in [4.78, 5) is 37.1. The van der Waals surface area contributed by atoms with Crippen molar-refractivity contribution in [2.75, 3.05) is 31.1 Å². The molecule has 1 unspecified atom stereocenters. The van der Waals surface area contributed by atoms with Crippen LogP contribution < -0.4 is 15.6 Å². The Morgan fingerprint density at radius 1 is 1.33 bits per heavy atom. The average molecular weight is 412 g/mol. The molecule has 1 atom stereocenters. The summed E-state index contributed by atoms with van der Waals surface area (Å²) in [5.41, 5.74) is 1.34. The summed E-state index contributed by atoms with van der Waals surface area (Å²) < 4.78 is 16.9.